The molecule has 1 aliphatic rings. The van der Waals surface area contributed by atoms with Gasteiger partial charge in [0.05, 0.1) is 0 Å². The third kappa shape index (κ3) is 0.857. The number of hydroxylamine groups is 1. The fourth-order valence-electron chi connectivity index (χ4n) is 0.577. The van der Waals surface area contributed by atoms with Crippen LogP contribution in [0, 0.1) is 5.92 Å². The Hall–Kier alpha value is -1.10. The Morgan fingerprint density at radius 2 is 2.56 bits per heavy atom. The standard InChI is InChI=1S/C4H6N2O3/c7-3-2(1-5-3)4(8)6-9/h2,9H,1H2,(H,5,7)(H,6,8). The zero-order chi connectivity index (χ0) is 6.85. The Bertz CT molecular complexity index is 156. The van der Waals surface area contributed by atoms with E-state index in [9.17, 15) is 9.59 Å². The first kappa shape index (κ1) is 6.03. The van der Waals surface area contributed by atoms with E-state index in [4.69, 9.17) is 5.21 Å². The first-order valence-electron chi connectivity index (χ1n) is 2.47. The van der Waals surface area contributed by atoms with Crippen LogP contribution in [0.25, 0.3) is 0 Å². The molecule has 0 saturated carbocycles. The van der Waals surface area contributed by atoms with Crippen LogP contribution in [0.5, 0.6) is 0 Å². The normalized spacial score (nSPS) is 24.1. The van der Waals surface area contributed by atoms with Crippen LogP contribution in [0.15, 0.2) is 0 Å². The third-order valence-electron chi connectivity index (χ3n) is 1.22. The fraction of sp³-hybridized carbons (Fsp3) is 0.500. The van der Waals surface area contributed by atoms with Crippen molar-refractivity contribution in [2.24, 2.45) is 5.92 Å². The van der Waals surface area contributed by atoms with E-state index < -0.39 is 11.8 Å². The first-order valence-corrected chi connectivity index (χ1v) is 2.47. The van der Waals surface area contributed by atoms with Crippen molar-refractivity contribution in [3.63, 3.8) is 0 Å². The summed E-state index contributed by atoms with van der Waals surface area (Å²) in [6.07, 6.45) is 0. The molecule has 1 atom stereocenters. The van der Waals surface area contributed by atoms with Crippen molar-refractivity contribution < 1.29 is 14.8 Å². The van der Waals surface area contributed by atoms with Gasteiger partial charge in [0.1, 0.15) is 5.92 Å². The minimum atomic E-state index is -0.685. The molecule has 5 heteroatoms. The first-order chi connectivity index (χ1) is 4.25. The van der Waals surface area contributed by atoms with E-state index in [0.717, 1.165) is 0 Å². The maximum Gasteiger partial charge on any atom is 0.257 e. The summed E-state index contributed by atoms with van der Waals surface area (Å²) in [4.78, 5) is 20.7. The molecule has 1 rings (SSSR count). The Morgan fingerprint density at radius 3 is 2.67 bits per heavy atom. The van der Waals surface area contributed by atoms with Crippen molar-refractivity contribution in [2.75, 3.05) is 6.54 Å². The molecule has 1 fully saturated rings. The molecule has 1 heterocycles. The zero-order valence-corrected chi connectivity index (χ0v) is 4.55. The van der Waals surface area contributed by atoms with E-state index in [1.807, 2.05) is 0 Å². The summed E-state index contributed by atoms with van der Waals surface area (Å²) in [5, 5.41) is 10.4. The number of rotatable bonds is 1. The Balaban J connectivity index is 2.44. The monoisotopic (exact) mass is 130 g/mol. The van der Waals surface area contributed by atoms with Crippen molar-refractivity contribution >= 4 is 11.8 Å². The Kier molecular flexibility index (Phi) is 1.35. The highest BCUT2D eigenvalue weighted by Gasteiger charge is 2.34. The Morgan fingerprint density at radius 1 is 1.89 bits per heavy atom. The van der Waals surface area contributed by atoms with Gasteiger partial charge in [0, 0.05) is 6.54 Å². The van der Waals surface area contributed by atoms with Gasteiger partial charge in [-0.3, -0.25) is 14.8 Å². The highest BCUT2D eigenvalue weighted by Crippen LogP contribution is 2.03. The molecule has 1 saturated heterocycles. The topological polar surface area (TPSA) is 78.4 Å². The summed E-state index contributed by atoms with van der Waals surface area (Å²) < 4.78 is 0. The van der Waals surface area contributed by atoms with Crippen molar-refractivity contribution in [3.8, 4) is 0 Å². The molecule has 0 aromatic heterocycles. The minimum absolute atomic E-state index is 0.325. The van der Waals surface area contributed by atoms with E-state index in [1.165, 1.54) is 5.48 Å². The van der Waals surface area contributed by atoms with E-state index in [0.29, 0.717) is 6.54 Å². The van der Waals surface area contributed by atoms with E-state index in [2.05, 4.69) is 5.32 Å². The van der Waals surface area contributed by atoms with Gasteiger partial charge in [-0.05, 0) is 0 Å². The van der Waals surface area contributed by atoms with Crippen LogP contribution in [0.4, 0.5) is 0 Å². The van der Waals surface area contributed by atoms with Gasteiger partial charge in [-0.25, -0.2) is 5.48 Å². The summed E-state index contributed by atoms with van der Waals surface area (Å²) in [6, 6.07) is 0. The predicted octanol–water partition coefficient (Wildman–Crippen LogP) is -1.76. The highest BCUT2D eigenvalue weighted by atomic mass is 16.5. The molecule has 0 aliphatic carbocycles. The van der Waals surface area contributed by atoms with Gasteiger partial charge in [0.2, 0.25) is 5.91 Å². The highest BCUT2D eigenvalue weighted by molar-refractivity contribution is 6.04. The lowest BCUT2D eigenvalue weighted by atomic mass is 10.0. The van der Waals surface area contributed by atoms with Gasteiger partial charge in [-0.15, -0.1) is 0 Å². The van der Waals surface area contributed by atoms with Crippen LogP contribution in [-0.4, -0.2) is 23.6 Å². The molecule has 9 heavy (non-hydrogen) atoms. The molecule has 0 bridgehead atoms. The second kappa shape index (κ2) is 2.02. The molecule has 0 spiro atoms. The zero-order valence-electron chi connectivity index (χ0n) is 4.55. The fourth-order valence-corrected chi connectivity index (χ4v) is 0.577. The number of hydrogen-bond donors (Lipinski definition) is 3. The molecule has 5 nitrogen and oxygen atoms in total. The quantitative estimate of drug-likeness (QED) is 0.170. The van der Waals surface area contributed by atoms with Crippen LogP contribution in [0.3, 0.4) is 0 Å². The number of amides is 2. The second-order valence-electron chi connectivity index (χ2n) is 1.77. The number of nitrogens with one attached hydrogen (secondary N) is 2. The minimum Gasteiger partial charge on any atom is -0.354 e. The Labute approximate surface area is 51.0 Å². The van der Waals surface area contributed by atoms with Crippen LogP contribution in [0.2, 0.25) is 0 Å². The van der Waals surface area contributed by atoms with Crippen LogP contribution in [-0.2, 0) is 9.59 Å². The number of carbonyl (C=O) groups excluding carboxylic acids is 2. The molecular formula is C4H6N2O3. The maximum absolute atomic E-state index is 10.4. The van der Waals surface area contributed by atoms with Gasteiger partial charge < -0.3 is 5.32 Å². The molecule has 2 amide bonds. The van der Waals surface area contributed by atoms with Crippen LogP contribution < -0.4 is 10.8 Å². The van der Waals surface area contributed by atoms with Crippen LogP contribution >= 0.6 is 0 Å². The van der Waals surface area contributed by atoms with E-state index in [-0.39, 0.29) is 5.91 Å². The SMILES string of the molecule is O=C(NO)C1CNC1=O. The molecule has 1 unspecified atom stereocenters. The van der Waals surface area contributed by atoms with Crippen molar-refractivity contribution in [1.82, 2.24) is 10.8 Å². The lowest BCUT2D eigenvalue weighted by Gasteiger charge is -2.22. The van der Waals surface area contributed by atoms with Gasteiger partial charge >= 0.3 is 0 Å². The van der Waals surface area contributed by atoms with Gasteiger partial charge in [-0.2, -0.15) is 0 Å². The average Bonchev–Trinajstić information content (AvgIpc) is 1.84. The van der Waals surface area contributed by atoms with Crippen molar-refractivity contribution in [3.05, 3.63) is 0 Å². The lowest BCUT2D eigenvalue weighted by molar-refractivity contribution is -0.145. The summed E-state index contributed by atoms with van der Waals surface area (Å²) in [6.45, 7) is 0.325. The van der Waals surface area contributed by atoms with E-state index >= 15 is 0 Å². The molecule has 0 radical (unpaired) electrons. The lowest BCUT2D eigenvalue weighted by Crippen LogP contribution is -2.55. The largest absolute Gasteiger partial charge is 0.354 e. The van der Waals surface area contributed by atoms with Crippen molar-refractivity contribution in [1.29, 1.82) is 0 Å². The van der Waals surface area contributed by atoms with Gasteiger partial charge in [0.15, 0.2) is 0 Å². The smallest absolute Gasteiger partial charge is 0.257 e. The molecular weight excluding hydrogens is 124 g/mol. The summed E-state index contributed by atoms with van der Waals surface area (Å²) >= 11 is 0. The molecule has 3 N–H and O–H groups in total. The number of β-lactam (4-membered cyclic amide) rings is 1. The summed E-state index contributed by atoms with van der Waals surface area (Å²) in [5.74, 6) is -1.66. The van der Waals surface area contributed by atoms with Crippen LogP contribution in [0.1, 0.15) is 0 Å². The molecule has 0 aromatic carbocycles. The number of hydrogen-bond acceptors (Lipinski definition) is 3. The van der Waals surface area contributed by atoms with E-state index in [1.54, 1.807) is 0 Å². The van der Waals surface area contributed by atoms with Gasteiger partial charge in [-0.1, -0.05) is 0 Å². The number of carbonyl (C=O) groups is 2. The summed E-state index contributed by atoms with van der Waals surface area (Å²) in [5.41, 5.74) is 1.40. The average molecular weight is 130 g/mol. The molecule has 50 valence electrons. The maximum atomic E-state index is 10.4. The summed E-state index contributed by atoms with van der Waals surface area (Å²) in [7, 11) is 0. The third-order valence-corrected chi connectivity index (χ3v) is 1.22. The van der Waals surface area contributed by atoms with Crippen molar-refractivity contribution in [2.45, 2.75) is 0 Å². The molecule has 1 aliphatic heterocycles. The predicted molar refractivity (Wildman–Crippen MR) is 26.4 cm³/mol. The van der Waals surface area contributed by atoms with Gasteiger partial charge in [0.25, 0.3) is 5.91 Å². The second-order valence-corrected chi connectivity index (χ2v) is 1.77. The molecule has 0 aromatic rings.